The Hall–Kier alpha value is -1.81. The minimum Gasteiger partial charge on any atom is -0.494 e. The second-order valence-corrected chi connectivity index (χ2v) is 7.09. The highest BCUT2D eigenvalue weighted by Crippen LogP contribution is 2.26. The van der Waals surface area contributed by atoms with Crippen LogP contribution in [0.5, 0.6) is 5.75 Å². The van der Waals surface area contributed by atoms with Crippen LogP contribution in [0.1, 0.15) is 51.3 Å². The fourth-order valence-electron chi connectivity index (χ4n) is 2.39. The van der Waals surface area contributed by atoms with E-state index in [1.165, 1.54) is 0 Å². The van der Waals surface area contributed by atoms with Gasteiger partial charge in [-0.05, 0) is 77.3 Å². The third kappa shape index (κ3) is 6.45. The first-order valence-electron chi connectivity index (χ1n) is 7.87. The maximum absolute atomic E-state index is 12.3. The van der Waals surface area contributed by atoms with Crippen LogP contribution >= 0.6 is 0 Å². The quantitative estimate of drug-likeness (QED) is 0.488. The van der Waals surface area contributed by atoms with Crippen LogP contribution in [0.15, 0.2) is 24.5 Å². The number of hydrogen-bond donors (Lipinski definition) is 1. The number of ether oxygens (including phenoxy) is 2. The van der Waals surface area contributed by atoms with Gasteiger partial charge in [0.2, 0.25) is 0 Å². The smallest absolute Gasteiger partial charge is 0.328 e. The van der Waals surface area contributed by atoms with Crippen molar-refractivity contribution in [1.29, 1.82) is 0 Å². The van der Waals surface area contributed by atoms with Gasteiger partial charge in [0.1, 0.15) is 18.4 Å². The fourth-order valence-corrected chi connectivity index (χ4v) is 2.39. The summed E-state index contributed by atoms with van der Waals surface area (Å²) in [4.78, 5) is 12.3. The third-order valence-corrected chi connectivity index (χ3v) is 3.21. The van der Waals surface area contributed by atoms with Crippen LogP contribution in [-0.2, 0) is 16.1 Å². The predicted octanol–water partition coefficient (Wildman–Crippen LogP) is 4.04. The summed E-state index contributed by atoms with van der Waals surface area (Å²) < 4.78 is 11.0. The molecule has 0 aromatic heterocycles. The number of allylic oxidation sites excluding steroid dienone is 1. The molecule has 0 heterocycles. The summed E-state index contributed by atoms with van der Waals surface area (Å²) in [7, 11) is 0. The molecule has 0 aliphatic heterocycles. The maximum Gasteiger partial charge on any atom is 0.328 e. The van der Waals surface area contributed by atoms with Crippen molar-refractivity contribution in [2.24, 2.45) is 0 Å². The van der Waals surface area contributed by atoms with Gasteiger partial charge in [0.05, 0.1) is 5.76 Å². The molecule has 0 amide bonds. The Labute approximate surface area is 139 Å². The average molecular weight is 319 g/mol. The molecule has 1 atom stereocenters. The summed E-state index contributed by atoms with van der Waals surface area (Å²) in [6.45, 7) is 17.7. The van der Waals surface area contributed by atoms with Crippen LogP contribution in [-0.4, -0.2) is 17.6 Å². The molecule has 1 unspecified atom stereocenters. The largest absolute Gasteiger partial charge is 0.494 e. The predicted molar refractivity (Wildman–Crippen MR) is 93.5 cm³/mol. The van der Waals surface area contributed by atoms with Gasteiger partial charge in [-0.1, -0.05) is 6.58 Å². The molecule has 0 radical (unpaired) electrons. The second-order valence-electron chi connectivity index (χ2n) is 7.09. The number of carbonyl (C=O) groups excluding carboxylic acids is 1. The van der Waals surface area contributed by atoms with Crippen molar-refractivity contribution in [2.45, 2.75) is 66.7 Å². The van der Waals surface area contributed by atoms with Crippen molar-refractivity contribution in [3.05, 3.63) is 41.2 Å². The van der Waals surface area contributed by atoms with Gasteiger partial charge in [-0.25, -0.2) is 4.79 Å². The van der Waals surface area contributed by atoms with E-state index in [2.05, 4.69) is 11.9 Å². The van der Waals surface area contributed by atoms with E-state index in [0.29, 0.717) is 18.1 Å². The Bertz CT molecular complexity index is 562. The molecule has 1 N–H and O–H groups in total. The second kappa shape index (κ2) is 7.64. The van der Waals surface area contributed by atoms with Crippen molar-refractivity contribution in [1.82, 2.24) is 5.32 Å². The SMILES string of the molecule is C=C(C)OCc1cc(C)c(OC(=O)C(C)NC(C)(C)C)c(C)c1. The summed E-state index contributed by atoms with van der Waals surface area (Å²) in [5.41, 5.74) is 2.72. The van der Waals surface area contributed by atoms with Gasteiger partial charge in [-0.15, -0.1) is 0 Å². The van der Waals surface area contributed by atoms with E-state index in [1.807, 2.05) is 60.6 Å². The number of hydrogen-bond acceptors (Lipinski definition) is 4. The van der Waals surface area contributed by atoms with Crippen LogP contribution in [0.2, 0.25) is 0 Å². The van der Waals surface area contributed by atoms with E-state index in [4.69, 9.17) is 9.47 Å². The highest BCUT2D eigenvalue weighted by Gasteiger charge is 2.22. The summed E-state index contributed by atoms with van der Waals surface area (Å²) in [5, 5.41) is 3.22. The lowest BCUT2D eigenvalue weighted by Gasteiger charge is -2.25. The van der Waals surface area contributed by atoms with Crippen LogP contribution in [0.3, 0.4) is 0 Å². The minimum absolute atomic E-state index is 0.147. The number of nitrogens with one attached hydrogen (secondary N) is 1. The number of esters is 1. The molecular weight excluding hydrogens is 290 g/mol. The number of carbonyl (C=O) groups is 1. The van der Waals surface area contributed by atoms with Crippen LogP contribution < -0.4 is 10.1 Å². The topological polar surface area (TPSA) is 47.6 Å². The first-order chi connectivity index (χ1) is 10.5. The molecule has 4 heteroatoms. The fraction of sp³-hybridized carbons (Fsp3) is 0.526. The van der Waals surface area contributed by atoms with Gasteiger partial charge in [0.15, 0.2) is 0 Å². The monoisotopic (exact) mass is 319 g/mol. The molecule has 0 saturated carbocycles. The third-order valence-electron chi connectivity index (χ3n) is 3.21. The molecular formula is C19H29NO3. The van der Waals surface area contributed by atoms with Crippen LogP contribution in [0.25, 0.3) is 0 Å². The van der Waals surface area contributed by atoms with Gasteiger partial charge < -0.3 is 9.47 Å². The summed E-state index contributed by atoms with van der Waals surface area (Å²) in [5.74, 6) is 1.02. The van der Waals surface area contributed by atoms with Crippen molar-refractivity contribution in [3.8, 4) is 5.75 Å². The Morgan fingerprint density at radius 1 is 1.26 bits per heavy atom. The molecule has 0 aliphatic rings. The van der Waals surface area contributed by atoms with E-state index in [9.17, 15) is 4.79 Å². The van der Waals surface area contributed by atoms with Crippen molar-refractivity contribution < 1.29 is 14.3 Å². The average Bonchev–Trinajstić information content (AvgIpc) is 2.38. The molecule has 1 rings (SSSR count). The Morgan fingerprint density at radius 2 is 1.78 bits per heavy atom. The van der Waals surface area contributed by atoms with E-state index in [-0.39, 0.29) is 17.6 Å². The van der Waals surface area contributed by atoms with E-state index in [1.54, 1.807) is 0 Å². The molecule has 0 saturated heterocycles. The molecule has 1 aromatic rings. The zero-order valence-electron chi connectivity index (χ0n) is 15.4. The highest BCUT2D eigenvalue weighted by atomic mass is 16.5. The van der Waals surface area contributed by atoms with E-state index in [0.717, 1.165) is 16.7 Å². The van der Waals surface area contributed by atoms with Crippen molar-refractivity contribution in [3.63, 3.8) is 0 Å². The molecule has 128 valence electrons. The Kier molecular flexibility index (Phi) is 6.39. The van der Waals surface area contributed by atoms with Gasteiger partial charge in [-0.2, -0.15) is 0 Å². The highest BCUT2D eigenvalue weighted by molar-refractivity contribution is 5.78. The van der Waals surface area contributed by atoms with Gasteiger partial charge in [-0.3, -0.25) is 5.32 Å². The standard InChI is InChI=1S/C19H29NO3/c1-12(2)22-11-16-9-13(3)17(14(4)10-16)23-18(21)15(5)20-19(6,7)8/h9-10,15,20H,1,11H2,2-8H3. The molecule has 0 spiro atoms. The maximum atomic E-state index is 12.3. The lowest BCUT2D eigenvalue weighted by Crippen LogP contribution is -2.47. The lowest BCUT2D eigenvalue weighted by atomic mass is 10.1. The zero-order valence-corrected chi connectivity index (χ0v) is 15.4. The van der Waals surface area contributed by atoms with E-state index >= 15 is 0 Å². The minimum atomic E-state index is -0.375. The molecule has 1 aromatic carbocycles. The summed E-state index contributed by atoms with van der Waals surface area (Å²) in [6, 6.07) is 3.57. The molecule has 0 bridgehead atoms. The summed E-state index contributed by atoms with van der Waals surface area (Å²) >= 11 is 0. The molecule has 4 nitrogen and oxygen atoms in total. The normalized spacial score (nSPS) is 12.7. The molecule has 0 fully saturated rings. The van der Waals surface area contributed by atoms with Crippen molar-refractivity contribution in [2.75, 3.05) is 0 Å². The van der Waals surface area contributed by atoms with Crippen LogP contribution in [0.4, 0.5) is 0 Å². The number of rotatable bonds is 6. The van der Waals surface area contributed by atoms with Crippen molar-refractivity contribution >= 4 is 5.97 Å². The number of benzene rings is 1. The molecule has 0 aliphatic carbocycles. The van der Waals surface area contributed by atoms with Gasteiger partial charge >= 0.3 is 5.97 Å². The molecule has 23 heavy (non-hydrogen) atoms. The zero-order chi connectivity index (χ0) is 17.8. The summed E-state index contributed by atoms with van der Waals surface area (Å²) in [6.07, 6.45) is 0. The Morgan fingerprint density at radius 3 is 2.22 bits per heavy atom. The first-order valence-corrected chi connectivity index (χ1v) is 7.87. The van der Waals surface area contributed by atoms with Crippen LogP contribution in [0, 0.1) is 13.8 Å². The van der Waals surface area contributed by atoms with Gasteiger partial charge in [0.25, 0.3) is 0 Å². The number of aryl methyl sites for hydroxylation is 2. The van der Waals surface area contributed by atoms with Gasteiger partial charge in [0, 0.05) is 5.54 Å². The first kappa shape index (κ1) is 19.2. The van der Waals surface area contributed by atoms with E-state index < -0.39 is 0 Å². The Balaban J connectivity index is 2.84. The lowest BCUT2D eigenvalue weighted by molar-refractivity contribution is -0.136.